The van der Waals surface area contributed by atoms with Crippen LogP contribution in [0.3, 0.4) is 0 Å². The number of aryl methyl sites for hydroxylation is 1. The SMILES string of the molecule is Cc1nccc(CNC(C)c2ccccc2OC(F)F)n1. The summed E-state index contributed by atoms with van der Waals surface area (Å²) in [5.74, 6) is 0.884. The van der Waals surface area contributed by atoms with Crippen LogP contribution < -0.4 is 10.1 Å². The van der Waals surface area contributed by atoms with E-state index in [1.165, 1.54) is 6.07 Å². The van der Waals surface area contributed by atoms with E-state index in [4.69, 9.17) is 0 Å². The highest BCUT2D eigenvalue weighted by Gasteiger charge is 2.14. The van der Waals surface area contributed by atoms with E-state index < -0.39 is 6.61 Å². The molecule has 1 unspecified atom stereocenters. The largest absolute Gasteiger partial charge is 0.434 e. The Morgan fingerprint density at radius 2 is 2.00 bits per heavy atom. The molecule has 2 rings (SSSR count). The zero-order valence-corrected chi connectivity index (χ0v) is 11.9. The van der Waals surface area contributed by atoms with Crippen LogP contribution in [-0.4, -0.2) is 16.6 Å². The summed E-state index contributed by atoms with van der Waals surface area (Å²) in [4.78, 5) is 8.31. The first-order valence-electron chi connectivity index (χ1n) is 6.62. The lowest BCUT2D eigenvalue weighted by atomic mass is 10.1. The minimum atomic E-state index is -2.83. The Bertz CT molecular complexity index is 593. The molecule has 0 aliphatic heterocycles. The van der Waals surface area contributed by atoms with Crippen molar-refractivity contribution in [2.24, 2.45) is 0 Å². The molecule has 0 fully saturated rings. The molecule has 0 radical (unpaired) electrons. The number of ether oxygens (including phenoxy) is 1. The van der Waals surface area contributed by atoms with Crippen molar-refractivity contribution in [1.82, 2.24) is 15.3 Å². The van der Waals surface area contributed by atoms with Gasteiger partial charge in [0.15, 0.2) is 0 Å². The van der Waals surface area contributed by atoms with Crippen molar-refractivity contribution in [2.45, 2.75) is 33.0 Å². The van der Waals surface area contributed by atoms with Crippen LogP contribution in [0.4, 0.5) is 8.78 Å². The Hall–Kier alpha value is -2.08. The van der Waals surface area contributed by atoms with Crippen LogP contribution >= 0.6 is 0 Å². The number of benzene rings is 1. The summed E-state index contributed by atoms with van der Waals surface area (Å²) >= 11 is 0. The average Bonchev–Trinajstić information content (AvgIpc) is 2.45. The quantitative estimate of drug-likeness (QED) is 0.888. The molecule has 0 aliphatic rings. The molecule has 1 aromatic heterocycles. The van der Waals surface area contributed by atoms with Gasteiger partial charge in [0.25, 0.3) is 0 Å². The fourth-order valence-corrected chi connectivity index (χ4v) is 2.01. The molecule has 0 saturated carbocycles. The fourth-order valence-electron chi connectivity index (χ4n) is 2.01. The van der Waals surface area contributed by atoms with E-state index in [0.717, 1.165) is 5.69 Å². The van der Waals surface area contributed by atoms with Gasteiger partial charge in [0.1, 0.15) is 11.6 Å². The van der Waals surface area contributed by atoms with E-state index in [1.807, 2.05) is 19.9 Å². The van der Waals surface area contributed by atoms with E-state index in [9.17, 15) is 8.78 Å². The van der Waals surface area contributed by atoms with E-state index in [0.29, 0.717) is 17.9 Å². The molecule has 2 aromatic rings. The van der Waals surface area contributed by atoms with Crippen LogP contribution in [0.5, 0.6) is 5.75 Å². The number of halogens is 2. The number of rotatable bonds is 6. The first-order chi connectivity index (χ1) is 10.1. The standard InChI is InChI=1S/C15H17F2N3O/c1-10(19-9-12-7-8-18-11(2)20-12)13-5-3-4-6-14(13)21-15(16)17/h3-8,10,15,19H,9H2,1-2H3. The molecule has 1 heterocycles. The van der Waals surface area contributed by atoms with Crippen LogP contribution in [0, 0.1) is 6.92 Å². The number of nitrogens with zero attached hydrogens (tertiary/aromatic N) is 2. The Morgan fingerprint density at radius 1 is 1.24 bits per heavy atom. The van der Waals surface area contributed by atoms with Gasteiger partial charge in [0.05, 0.1) is 5.69 Å². The molecule has 1 atom stereocenters. The number of aromatic nitrogens is 2. The molecule has 4 nitrogen and oxygen atoms in total. The van der Waals surface area contributed by atoms with E-state index in [-0.39, 0.29) is 11.8 Å². The zero-order valence-electron chi connectivity index (χ0n) is 11.9. The van der Waals surface area contributed by atoms with Crippen LogP contribution in [0.15, 0.2) is 36.5 Å². The molecule has 0 spiro atoms. The number of alkyl halides is 2. The van der Waals surface area contributed by atoms with Crippen LogP contribution in [0.2, 0.25) is 0 Å². The monoisotopic (exact) mass is 293 g/mol. The van der Waals surface area contributed by atoms with Crippen LogP contribution in [0.1, 0.15) is 30.0 Å². The summed E-state index contributed by atoms with van der Waals surface area (Å²) in [6.07, 6.45) is 1.69. The maximum Gasteiger partial charge on any atom is 0.387 e. The lowest BCUT2D eigenvalue weighted by molar-refractivity contribution is -0.0506. The number of para-hydroxylation sites is 1. The third-order valence-corrected chi connectivity index (χ3v) is 3.02. The highest BCUT2D eigenvalue weighted by Crippen LogP contribution is 2.26. The predicted molar refractivity (Wildman–Crippen MR) is 75.1 cm³/mol. The molecule has 1 N–H and O–H groups in total. The van der Waals surface area contributed by atoms with Gasteiger partial charge in [-0.05, 0) is 26.0 Å². The summed E-state index contributed by atoms with van der Waals surface area (Å²) < 4.78 is 29.3. The van der Waals surface area contributed by atoms with Crippen molar-refractivity contribution in [3.63, 3.8) is 0 Å². The number of nitrogens with one attached hydrogen (secondary N) is 1. The van der Waals surface area contributed by atoms with Gasteiger partial charge in [0.2, 0.25) is 0 Å². The second kappa shape index (κ2) is 7.08. The third-order valence-electron chi connectivity index (χ3n) is 3.02. The first kappa shape index (κ1) is 15.3. The second-order valence-corrected chi connectivity index (χ2v) is 4.61. The van der Waals surface area contributed by atoms with Gasteiger partial charge >= 0.3 is 6.61 Å². The van der Waals surface area contributed by atoms with Crippen molar-refractivity contribution >= 4 is 0 Å². The van der Waals surface area contributed by atoms with Crippen molar-refractivity contribution in [2.75, 3.05) is 0 Å². The van der Waals surface area contributed by atoms with Crippen LogP contribution in [-0.2, 0) is 6.54 Å². The predicted octanol–water partition coefficient (Wildman–Crippen LogP) is 3.24. The van der Waals surface area contributed by atoms with Gasteiger partial charge in [-0.1, -0.05) is 18.2 Å². The van der Waals surface area contributed by atoms with E-state index in [1.54, 1.807) is 24.4 Å². The van der Waals surface area contributed by atoms with Gasteiger partial charge in [-0.2, -0.15) is 8.78 Å². The lowest BCUT2D eigenvalue weighted by Gasteiger charge is -2.18. The van der Waals surface area contributed by atoms with E-state index in [2.05, 4.69) is 20.0 Å². The molecule has 1 aromatic carbocycles. The molecule has 0 amide bonds. The maximum absolute atomic E-state index is 12.4. The van der Waals surface area contributed by atoms with Crippen molar-refractivity contribution in [3.05, 3.63) is 53.6 Å². The Kier molecular flexibility index (Phi) is 5.16. The van der Waals surface area contributed by atoms with Crippen molar-refractivity contribution in [3.8, 4) is 5.75 Å². The third kappa shape index (κ3) is 4.46. The minimum Gasteiger partial charge on any atom is -0.434 e. The molecule has 0 aliphatic carbocycles. The molecule has 21 heavy (non-hydrogen) atoms. The first-order valence-corrected chi connectivity index (χ1v) is 6.62. The minimum absolute atomic E-state index is 0.143. The normalized spacial score (nSPS) is 12.4. The summed E-state index contributed by atoms with van der Waals surface area (Å²) in [6, 6.07) is 8.43. The molecule has 0 bridgehead atoms. The van der Waals surface area contributed by atoms with Gasteiger partial charge in [-0.15, -0.1) is 0 Å². The summed E-state index contributed by atoms with van der Waals surface area (Å²) in [7, 11) is 0. The maximum atomic E-state index is 12.4. The number of hydrogen-bond donors (Lipinski definition) is 1. The molecular formula is C15H17F2N3O. The van der Waals surface area contributed by atoms with Gasteiger partial charge in [-0.3, -0.25) is 0 Å². The van der Waals surface area contributed by atoms with E-state index >= 15 is 0 Å². The topological polar surface area (TPSA) is 47.0 Å². The highest BCUT2D eigenvalue weighted by molar-refractivity contribution is 5.35. The summed E-state index contributed by atoms with van der Waals surface area (Å²) in [5.41, 5.74) is 1.53. The summed E-state index contributed by atoms with van der Waals surface area (Å²) in [6.45, 7) is 1.40. The van der Waals surface area contributed by atoms with Crippen LogP contribution in [0.25, 0.3) is 0 Å². The fraction of sp³-hybridized carbons (Fsp3) is 0.333. The Balaban J connectivity index is 2.04. The van der Waals surface area contributed by atoms with Gasteiger partial charge in [0, 0.05) is 24.3 Å². The highest BCUT2D eigenvalue weighted by atomic mass is 19.3. The zero-order chi connectivity index (χ0) is 15.2. The summed E-state index contributed by atoms with van der Waals surface area (Å²) in [5, 5.41) is 3.24. The Morgan fingerprint density at radius 3 is 2.71 bits per heavy atom. The second-order valence-electron chi connectivity index (χ2n) is 4.61. The smallest absolute Gasteiger partial charge is 0.387 e. The van der Waals surface area contributed by atoms with Crippen molar-refractivity contribution in [1.29, 1.82) is 0 Å². The lowest BCUT2D eigenvalue weighted by Crippen LogP contribution is -2.20. The molecule has 6 heteroatoms. The number of hydrogen-bond acceptors (Lipinski definition) is 4. The molecule has 112 valence electrons. The average molecular weight is 293 g/mol. The molecular weight excluding hydrogens is 276 g/mol. The molecule has 0 saturated heterocycles. The van der Waals surface area contributed by atoms with Crippen molar-refractivity contribution < 1.29 is 13.5 Å². The van der Waals surface area contributed by atoms with Gasteiger partial charge in [-0.25, -0.2) is 9.97 Å². The van der Waals surface area contributed by atoms with Gasteiger partial charge < -0.3 is 10.1 Å². The Labute approximate surface area is 122 Å².